The number of thiol groups is 1. The normalized spacial score (nSPS) is 12.3. The van der Waals surface area contributed by atoms with Crippen molar-refractivity contribution in [3.63, 3.8) is 0 Å². The molecule has 0 fully saturated rings. The van der Waals surface area contributed by atoms with E-state index in [0.29, 0.717) is 18.8 Å². The fourth-order valence-corrected chi connectivity index (χ4v) is 4.65. The highest BCUT2D eigenvalue weighted by molar-refractivity contribution is 7.80. The van der Waals surface area contributed by atoms with Crippen molar-refractivity contribution in [3.05, 3.63) is 64.5 Å². The van der Waals surface area contributed by atoms with Crippen LogP contribution in [-0.4, -0.2) is 32.3 Å². The van der Waals surface area contributed by atoms with Gasteiger partial charge in [-0.3, -0.25) is 4.79 Å². The maximum atomic E-state index is 12.6. The molecule has 0 spiro atoms. The first-order valence-electron chi connectivity index (χ1n) is 11.4. The van der Waals surface area contributed by atoms with Crippen LogP contribution in [0.4, 0.5) is 0 Å². The number of hydrogen-bond donors (Lipinski definition) is 3. The van der Waals surface area contributed by atoms with Crippen molar-refractivity contribution >= 4 is 35.5 Å². The van der Waals surface area contributed by atoms with Crippen molar-refractivity contribution in [2.24, 2.45) is 11.8 Å². The first-order chi connectivity index (χ1) is 15.7. The number of hydrogen-bond acceptors (Lipinski definition) is 4. The van der Waals surface area contributed by atoms with Crippen molar-refractivity contribution in [1.29, 1.82) is 0 Å². The van der Waals surface area contributed by atoms with Crippen molar-refractivity contribution in [3.8, 4) is 0 Å². The number of carbonyl (C=O) groups is 2. The van der Waals surface area contributed by atoms with Gasteiger partial charge < -0.3 is 15.0 Å². The van der Waals surface area contributed by atoms with Crippen LogP contribution in [0.2, 0.25) is 0 Å². The van der Waals surface area contributed by atoms with Crippen LogP contribution in [0.5, 0.6) is 0 Å². The molecule has 0 aliphatic heterocycles. The Hall–Kier alpha value is -2.80. The van der Waals surface area contributed by atoms with E-state index in [2.05, 4.69) is 41.6 Å². The molecule has 3 rings (SSSR count). The molecule has 0 radical (unpaired) electrons. The van der Waals surface area contributed by atoms with E-state index in [9.17, 15) is 9.59 Å². The van der Waals surface area contributed by atoms with Gasteiger partial charge in [0, 0.05) is 31.2 Å². The summed E-state index contributed by atoms with van der Waals surface area (Å²) >= 11 is 4.34. The number of benzene rings is 2. The van der Waals surface area contributed by atoms with Crippen molar-refractivity contribution in [2.45, 2.75) is 53.6 Å². The van der Waals surface area contributed by atoms with Crippen molar-refractivity contribution in [1.82, 2.24) is 14.9 Å². The van der Waals surface area contributed by atoms with Crippen LogP contribution in [0.1, 0.15) is 60.1 Å². The molecule has 2 N–H and O–H groups in total. The van der Waals surface area contributed by atoms with Crippen LogP contribution < -0.4 is 5.32 Å². The van der Waals surface area contributed by atoms with Gasteiger partial charge in [0.2, 0.25) is 5.91 Å². The Balaban J connectivity index is 1.93. The second-order valence-electron chi connectivity index (χ2n) is 8.90. The maximum absolute atomic E-state index is 12.6. The average Bonchev–Trinajstić information content (AvgIpc) is 3.11. The first kappa shape index (κ1) is 24.8. The third-order valence-corrected chi connectivity index (χ3v) is 6.40. The highest BCUT2D eigenvalue weighted by Crippen LogP contribution is 2.24. The number of carbonyl (C=O) groups excluding carboxylic acids is 1. The summed E-state index contributed by atoms with van der Waals surface area (Å²) in [5.41, 5.74) is 5.38. The number of rotatable bonds is 10. The molecule has 0 saturated heterocycles. The number of aromatic carboxylic acids is 1. The molecule has 176 valence electrons. The summed E-state index contributed by atoms with van der Waals surface area (Å²) in [6.45, 7) is 9.31. The number of aromatic nitrogens is 2. The van der Waals surface area contributed by atoms with Gasteiger partial charge in [-0.1, -0.05) is 39.0 Å². The fraction of sp³-hybridized carbons (Fsp3) is 0.423. The number of fused-ring (bicyclic) bond motifs is 1. The highest BCUT2D eigenvalue weighted by Gasteiger charge is 2.20. The molecule has 7 heteroatoms. The minimum atomic E-state index is -0.929. The Kier molecular flexibility index (Phi) is 8.19. The second kappa shape index (κ2) is 10.9. The minimum Gasteiger partial charge on any atom is -0.478 e. The lowest BCUT2D eigenvalue weighted by atomic mass is 9.97. The lowest BCUT2D eigenvalue weighted by molar-refractivity contribution is -0.125. The Morgan fingerprint density at radius 2 is 1.85 bits per heavy atom. The van der Waals surface area contributed by atoms with Crippen LogP contribution in [0.15, 0.2) is 36.4 Å². The summed E-state index contributed by atoms with van der Waals surface area (Å²) in [5.74, 6) is 0.743. The molecule has 2 aromatic carbocycles. The Bertz CT molecular complexity index is 1140. The predicted octanol–water partition coefficient (Wildman–Crippen LogP) is 4.86. The lowest BCUT2D eigenvalue weighted by Gasteiger charge is -2.18. The predicted molar refractivity (Wildman–Crippen MR) is 135 cm³/mol. The van der Waals surface area contributed by atoms with Gasteiger partial charge in [-0.05, 0) is 54.2 Å². The molecule has 1 heterocycles. The zero-order valence-electron chi connectivity index (χ0n) is 19.8. The van der Waals surface area contributed by atoms with Crippen LogP contribution in [0.3, 0.4) is 0 Å². The summed E-state index contributed by atoms with van der Waals surface area (Å²) in [7, 11) is 0. The molecule has 1 atom stereocenters. The minimum absolute atomic E-state index is 0.0245. The second-order valence-corrected chi connectivity index (χ2v) is 9.26. The van der Waals surface area contributed by atoms with E-state index in [-0.39, 0.29) is 23.3 Å². The molecule has 33 heavy (non-hydrogen) atoms. The summed E-state index contributed by atoms with van der Waals surface area (Å²) in [6.07, 6.45) is 1.83. The summed E-state index contributed by atoms with van der Waals surface area (Å²) < 4.78 is 2.21. The molecule has 0 saturated carbocycles. The summed E-state index contributed by atoms with van der Waals surface area (Å²) in [4.78, 5) is 28.7. The topological polar surface area (TPSA) is 84.2 Å². The molecule has 1 amide bonds. The fourth-order valence-electron chi connectivity index (χ4n) is 4.06. The maximum Gasteiger partial charge on any atom is 0.335 e. The van der Waals surface area contributed by atoms with E-state index in [0.717, 1.165) is 46.4 Å². The van der Waals surface area contributed by atoms with Crippen molar-refractivity contribution < 1.29 is 14.7 Å². The van der Waals surface area contributed by atoms with Gasteiger partial charge in [-0.2, -0.15) is 12.6 Å². The number of carboxylic acids is 1. The third-order valence-electron chi connectivity index (χ3n) is 6.00. The van der Waals surface area contributed by atoms with Crippen molar-refractivity contribution in [2.75, 3.05) is 5.75 Å². The van der Waals surface area contributed by atoms with E-state index in [4.69, 9.17) is 10.1 Å². The van der Waals surface area contributed by atoms with Gasteiger partial charge in [-0.15, -0.1) is 0 Å². The van der Waals surface area contributed by atoms with Gasteiger partial charge in [-0.25, -0.2) is 9.78 Å². The van der Waals surface area contributed by atoms with Crippen LogP contribution in [0.25, 0.3) is 11.0 Å². The molecular formula is C26H33N3O3S. The van der Waals surface area contributed by atoms with Crippen LogP contribution in [-0.2, 0) is 24.3 Å². The molecule has 1 aromatic heterocycles. The Morgan fingerprint density at radius 3 is 2.42 bits per heavy atom. The number of nitrogens with zero attached hydrogens (tertiary/aromatic N) is 2. The van der Waals surface area contributed by atoms with E-state index < -0.39 is 5.97 Å². The molecule has 0 bridgehead atoms. The first-order valence-corrected chi connectivity index (χ1v) is 12.1. The molecule has 0 aliphatic rings. The molecule has 6 nitrogen and oxygen atoms in total. The Morgan fingerprint density at radius 1 is 1.15 bits per heavy atom. The number of nitrogens with one attached hydrogen (secondary N) is 1. The third kappa shape index (κ3) is 5.77. The SMILES string of the molecule is CCCc1nc2c(C)cc(CNC(=O)[C@@H](CS)C(C)C)cc2n1Cc1ccc(C(=O)O)cc1. The van der Waals surface area contributed by atoms with Crippen LogP contribution >= 0.6 is 12.6 Å². The summed E-state index contributed by atoms with van der Waals surface area (Å²) in [6, 6.07) is 11.2. The zero-order valence-corrected chi connectivity index (χ0v) is 20.7. The number of imidazole rings is 1. The monoisotopic (exact) mass is 467 g/mol. The van der Waals surface area contributed by atoms with E-state index in [1.165, 1.54) is 0 Å². The van der Waals surface area contributed by atoms with Gasteiger partial charge in [0.25, 0.3) is 0 Å². The van der Waals surface area contributed by atoms with E-state index in [1.54, 1.807) is 12.1 Å². The van der Waals surface area contributed by atoms with E-state index >= 15 is 0 Å². The molecule has 0 aliphatic carbocycles. The van der Waals surface area contributed by atoms with Gasteiger partial charge >= 0.3 is 5.97 Å². The zero-order chi connectivity index (χ0) is 24.1. The highest BCUT2D eigenvalue weighted by atomic mass is 32.1. The molecule has 3 aromatic rings. The molecule has 0 unspecified atom stereocenters. The summed E-state index contributed by atoms with van der Waals surface area (Å²) in [5, 5.41) is 12.2. The average molecular weight is 468 g/mol. The standard InChI is InChI=1S/C26H33N3O3S/c1-5-6-23-28-24-17(4)11-19(13-27-25(30)21(15-33)16(2)3)12-22(24)29(23)14-18-7-9-20(10-8-18)26(31)32/h7-12,16,21,33H,5-6,13-15H2,1-4H3,(H,27,30)(H,31,32)/t21-/m0/s1. The lowest BCUT2D eigenvalue weighted by Crippen LogP contribution is -2.34. The van der Waals surface area contributed by atoms with Crippen LogP contribution in [0, 0.1) is 18.8 Å². The smallest absolute Gasteiger partial charge is 0.335 e. The largest absolute Gasteiger partial charge is 0.478 e. The van der Waals surface area contributed by atoms with E-state index in [1.807, 2.05) is 32.9 Å². The van der Waals surface area contributed by atoms with Gasteiger partial charge in [0.05, 0.1) is 16.6 Å². The van der Waals surface area contributed by atoms with Gasteiger partial charge in [0.1, 0.15) is 5.82 Å². The number of aryl methyl sites for hydroxylation is 2. The number of amides is 1. The number of carboxylic acid groups (broad SMARTS) is 1. The van der Waals surface area contributed by atoms with Gasteiger partial charge in [0.15, 0.2) is 0 Å². The Labute approximate surface area is 200 Å². The molecular weight excluding hydrogens is 434 g/mol. The quantitative estimate of drug-likeness (QED) is 0.372.